The van der Waals surface area contributed by atoms with Crippen LogP contribution in [0.2, 0.25) is 0 Å². The van der Waals surface area contributed by atoms with Crippen molar-refractivity contribution in [3.8, 4) is 22.5 Å². The second-order valence-electron chi connectivity index (χ2n) is 8.17. The van der Waals surface area contributed by atoms with Gasteiger partial charge in [0.05, 0.1) is 17.4 Å². The Kier molecular flexibility index (Phi) is 5.41. The fourth-order valence-corrected chi connectivity index (χ4v) is 4.55. The molecule has 4 aromatic rings. The minimum absolute atomic E-state index is 0.277. The highest BCUT2D eigenvalue weighted by Gasteiger charge is 2.25. The Bertz CT molecular complexity index is 1170. The summed E-state index contributed by atoms with van der Waals surface area (Å²) in [5.41, 5.74) is 7.45. The molecule has 0 aliphatic heterocycles. The van der Waals surface area contributed by atoms with Crippen molar-refractivity contribution in [3.05, 3.63) is 101 Å². The van der Waals surface area contributed by atoms with Gasteiger partial charge in [-0.25, -0.2) is 0 Å². The molecule has 31 heavy (non-hydrogen) atoms. The smallest absolute Gasteiger partial charge is 0.172 e. The van der Waals surface area contributed by atoms with E-state index >= 15 is 0 Å². The molecule has 2 atom stereocenters. The molecule has 1 aliphatic carbocycles. The van der Waals surface area contributed by atoms with Gasteiger partial charge in [-0.2, -0.15) is 0 Å². The largest absolute Gasteiger partial charge is 0.387 e. The second kappa shape index (κ2) is 8.50. The van der Waals surface area contributed by atoms with Crippen LogP contribution in [0.25, 0.3) is 22.5 Å². The van der Waals surface area contributed by atoms with Gasteiger partial charge in [-0.15, -0.1) is 0 Å². The van der Waals surface area contributed by atoms with E-state index in [1.165, 1.54) is 16.7 Å². The third-order valence-corrected chi connectivity index (χ3v) is 6.19. The van der Waals surface area contributed by atoms with Crippen LogP contribution in [0.3, 0.4) is 0 Å². The van der Waals surface area contributed by atoms with Gasteiger partial charge in [-0.3, -0.25) is 0 Å². The lowest BCUT2D eigenvalue weighted by Crippen LogP contribution is -2.25. The summed E-state index contributed by atoms with van der Waals surface area (Å²) in [6.45, 7) is 2.34. The summed E-state index contributed by atoms with van der Waals surface area (Å²) in [6.07, 6.45) is 1.44. The summed E-state index contributed by atoms with van der Waals surface area (Å²) in [5, 5.41) is 18.7. The molecular weight excluding hydrogens is 384 g/mol. The zero-order chi connectivity index (χ0) is 21.2. The standard InChI is InChI=1S/C27H26N2O2/c1-18-26(25(30)17-28-24-16-15-21-9-5-6-10-23(21)24)27(31-29-18)22-13-11-20(12-14-22)19-7-3-2-4-8-19/h2-14,24-25,28,30H,15-17H2,1H3/t24-,25?/m0/s1. The summed E-state index contributed by atoms with van der Waals surface area (Å²) in [4.78, 5) is 0. The molecule has 0 spiro atoms. The molecule has 3 aromatic carbocycles. The summed E-state index contributed by atoms with van der Waals surface area (Å²) in [5.74, 6) is 0.637. The predicted molar refractivity (Wildman–Crippen MR) is 123 cm³/mol. The number of nitrogens with zero attached hydrogens (tertiary/aromatic N) is 1. The molecule has 2 N–H and O–H groups in total. The molecule has 5 rings (SSSR count). The zero-order valence-corrected chi connectivity index (χ0v) is 17.6. The highest BCUT2D eigenvalue weighted by molar-refractivity contribution is 5.69. The molecule has 0 bridgehead atoms. The van der Waals surface area contributed by atoms with E-state index in [1.54, 1.807) is 0 Å². The van der Waals surface area contributed by atoms with Crippen molar-refractivity contribution in [2.24, 2.45) is 0 Å². The molecule has 1 heterocycles. The topological polar surface area (TPSA) is 58.3 Å². The van der Waals surface area contributed by atoms with Gasteiger partial charge < -0.3 is 14.9 Å². The number of aryl methyl sites for hydroxylation is 2. The van der Waals surface area contributed by atoms with Crippen molar-refractivity contribution in [3.63, 3.8) is 0 Å². The minimum Gasteiger partial charge on any atom is -0.387 e. The first-order valence-electron chi connectivity index (χ1n) is 10.8. The maximum atomic E-state index is 11.0. The highest BCUT2D eigenvalue weighted by Crippen LogP contribution is 2.34. The van der Waals surface area contributed by atoms with Gasteiger partial charge in [0, 0.05) is 18.2 Å². The number of nitrogens with one attached hydrogen (secondary N) is 1. The lowest BCUT2D eigenvalue weighted by molar-refractivity contribution is 0.169. The average molecular weight is 411 g/mol. The number of rotatable bonds is 6. The summed E-state index contributed by atoms with van der Waals surface area (Å²) in [7, 11) is 0. The molecule has 156 valence electrons. The number of benzene rings is 3. The van der Waals surface area contributed by atoms with Crippen molar-refractivity contribution in [2.45, 2.75) is 31.9 Å². The Morgan fingerprint density at radius 3 is 2.42 bits per heavy atom. The third kappa shape index (κ3) is 3.92. The van der Waals surface area contributed by atoms with Gasteiger partial charge in [-0.1, -0.05) is 84.0 Å². The molecule has 1 aromatic heterocycles. The molecule has 4 nitrogen and oxygen atoms in total. The SMILES string of the molecule is Cc1noc(-c2ccc(-c3ccccc3)cc2)c1C(O)CN[C@H]1CCc2ccccc21. The van der Waals surface area contributed by atoms with Crippen LogP contribution in [0.4, 0.5) is 0 Å². The average Bonchev–Trinajstić information content (AvgIpc) is 3.42. The van der Waals surface area contributed by atoms with E-state index in [4.69, 9.17) is 4.52 Å². The van der Waals surface area contributed by atoms with Gasteiger partial charge in [0.15, 0.2) is 5.76 Å². The lowest BCUT2D eigenvalue weighted by Gasteiger charge is -2.18. The van der Waals surface area contributed by atoms with Gasteiger partial charge in [-0.05, 0) is 42.0 Å². The van der Waals surface area contributed by atoms with Crippen molar-refractivity contribution in [2.75, 3.05) is 6.54 Å². The van der Waals surface area contributed by atoms with Crippen LogP contribution in [0.15, 0.2) is 83.4 Å². The predicted octanol–water partition coefficient (Wildman–Crippen LogP) is 5.63. The quantitative estimate of drug-likeness (QED) is 0.433. The van der Waals surface area contributed by atoms with E-state index in [2.05, 4.69) is 59.0 Å². The molecule has 4 heteroatoms. The Balaban J connectivity index is 1.34. The van der Waals surface area contributed by atoms with Crippen LogP contribution in [0.5, 0.6) is 0 Å². The van der Waals surface area contributed by atoms with Crippen molar-refractivity contribution < 1.29 is 9.63 Å². The number of hydrogen-bond donors (Lipinski definition) is 2. The molecule has 0 fully saturated rings. The van der Waals surface area contributed by atoms with Gasteiger partial charge in [0.1, 0.15) is 0 Å². The van der Waals surface area contributed by atoms with Crippen LogP contribution in [0.1, 0.15) is 41.0 Å². The Morgan fingerprint density at radius 2 is 1.61 bits per heavy atom. The van der Waals surface area contributed by atoms with Crippen LogP contribution in [0, 0.1) is 6.92 Å². The third-order valence-electron chi connectivity index (χ3n) is 6.19. The molecule has 1 unspecified atom stereocenters. The van der Waals surface area contributed by atoms with Crippen molar-refractivity contribution in [1.82, 2.24) is 10.5 Å². The number of fused-ring (bicyclic) bond motifs is 1. The zero-order valence-electron chi connectivity index (χ0n) is 17.6. The minimum atomic E-state index is -0.692. The van der Waals surface area contributed by atoms with Crippen LogP contribution in [-0.2, 0) is 6.42 Å². The maximum absolute atomic E-state index is 11.0. The summed E-state index contributed by atoms with van der Waals surface area (Å²) >= 11 is 0. The second-order valence-corrected chi connectivity index (χ2v) is 8.17. The van der Waals surface area contributed by atoms with Gasteiger partial charge in [0.2, 0.25) is 0 Å². The fraction of sp³-hybridized carbons (Fsp3) is 0.222. The number of aromatic nitrogens is 1. The Labute approximate surface area is 182 Å². The van der Waals surface area contributed by atoms with Crippen molar-refractivity contribution in [1.29, 1.82) is 0 Å². The van der Waals surface area contributed by atoms with Crippen LogP contribution in [-0.4, -0.2) is 16.8 Å². The van der Waals surface area contributed by atoms with E-state index in [1.807, 2.05) is 37.3 Å². The first-order chi connectivity index (χ1) is 15.2. The van der Waals surface area contributed by atoms with E-state index < -0.39 is 6.10 Å². The maximum Gasteiger partial charge on any atom is 0.172 e. The van der Waals surface area contributed by atoms with E-state index in [-0.39, 0.29) is 6.04 Å². The van der Waals surface area contributed by atoms with Gasteiger partial charge in [0.25, 0.3) is 0 Å². The molecule has 1 aliphatic rings. The summed E-state index contributed by atoms with van der Waals surface area (Å²) in [6, 6.07) is 27.3. The first kappa shape index (κ1) is 19.7. The van der Waals surface area contributed by atoms with Gasteiger partial charge >= 0.3 is 0 Å². The Hall–Kier alpha value is -3.21. The van der Waals surface area contributed by atoms with Crippen molar-refractivity contribution >= 4 is 0 Å². The summed E-state index contributed by atoms with van der Waals surface area (Å²) < 4.78 is 5.64. The monoisotopic (exact) mass is 410 g/mol. The molecule has 0 radical (unpaired) electrons. The molecular formula is C27H26N2O2. The highest BCUT2D eigenvalue weighted by atomic mass is 16.5. The van der Waals surface area contributed by atoms with E-state index in [0.29, 0.717) is 12.3 Å². The lowest BCUT2D eigenvalue weighted by atomic mass is 9.99. The molecule has 0 saturated heterocycles. The first-order valence-corrected chi connectivity index (χ1v) is 10.8. The normalized spacial score (nSPS) is 16.3. The molecule has 0 amide bonds. The fourth-order valence-electron chi connectivity index (χ4n) is 4.55. The van der Waals surface area contributed by atoms with E-state index in [0.717, 1.165) is 35.2 Å². The number of aliphatic hydroxyl groups is 1. The van der Waals surface area contributed by atoms with Crippen LogP contribution >= 0.6 is 0 Å². The van der Waals surface area contributed by atoms with E-state index in [9.17, 15) is 5.11 Å². The Morgan fingerprint density at radius 1 is 0.935 bits per heavy atom. The van der Waals surface area contributed by atoms with Crippen LogP contribution < -0.4 is 5.32 Å². The number of aliphatic hydroxyl groups excluding tert-OH is 1. The molecule has 0 saturated carbocycles. The number of hydrogen-bond acceptors (Lipinski definition) is 4.